The van der Waals surface area contributed by atoms with Crippen LogP contribution in [0.25, 0.3) is 77.3 Å². The third-order valence-corrected chi connectivity index (χ3v) is 16.2. The Morgan fingerprint density at radius 3 is 1.58 bits per heavy atom. The number of fused-ring (bicyclic) bond motifs is 13. The molecule has 0 atom stereocenters. The highest BCUT2D eigenvalue weighted by Gasteiger charge is 2.48. The number of furan rings is 2. The average Bonchev–Trinajstić information content (AvgIpc) is 1.31. The Kier molecular flexibility index (Phi) is 8.92. The molecule has 2 aromatic heterocycles. The maximum Gasteiger partial charge on any atom is 0.257 e. The van der Waals surface area contributed by atoms with Crippen LogP contribution in [-0.2, 0) is 16.2 Å². The number of benzene rings is 10. The lowest BCUT2D eigenvalue weighted by atomic mass is 9.33. The number of anilines is 6. The molecule has 0 saturated heterocycles. The first-order valence-electron chi connectivity index (χ1n) is 30.7. The van der Waals surface area contributed by atoms with Crippen LogP contribution in [0.4, 0.5) is 34.1 Å². The minimum atomic E-state index is -0.743. The molecular formula is C72H60BClN2O2. The molecule has 0 radical (unpaired) electrons. The van der Waals surface area contributed by atoms with E-state index < -0.39 is 30.9 Å². The Bertz CT molecular complexity index is 4870. The summed E-state index contributed by atoms with van der Waals surface area (Å²) in [5.74, 6) is 0. The van der Waals surface area contributed by atoms with Gasteiger partial charge in [0.2, 0.25) is 0 Å². The first-order valence-corrected chi connectivity index (χ1v) is 27.1. The SMILES string of the molecule is [2H]c1c([2H])c([2H])c2c(oc3c4c(c5oc6c([2H])c([2H])c([2H])c([2H])c6c5c32)N(c2ccccc2-c2ccccc2)c2cc(-c3cc(C(C)(C)C)cc(C(C)(C)C)c3)cc3c2B4c2ccc(Cl)cc2N3c2ccc(C(C)(C)C)cc2-c2ccccc2)c1[2H]. The van der Waals surface area contributed by atoms with Gasteiger partial charge in [0.15, 0.2) is 5.58 Å². The van der Waals surface area contributed by atoms with Crippen LogP contribution in [0.15, 0.2) is 209 Å². The zero-order valence-corrected chi connectivity index (χ0v) is 45.9. The molecule has 0 saturated carbocycles. The molecule has 0 N–H and O–H groups in total. The summed E-state index contributed by atoms with van der Waals surface area (Å²) in [5, 5.41) is 1.11. The molecule has 0 bridgehead atoms. The van der Waals surface area contributed by atoms with Gasteiger partial charge >= 0.3 is 0 Å². The average molecular weight is 1040 g/mol. The van der Waals surface area contributed by atoms with E-state index in [2.05, 4.69) is 175 Å². The van der Waals surface area contributed by atoms with Crippen LogP contribution in [0.3, 0.4) is 0 Å². The monoisotopic (exact) mass is 1040 g/mol. The highest BCUT2D eigenvalue weighted by atomic mass is 35.5. The van der Waals surface area contributed by atoms with Crippen LogP contribution in [0, 0.1) is 0 Å². The summed E-state index contributed by atoms with van der Waals surface area (Å²) in [6, 6.07) is 49.6. The molecule has 4 nitrogen and oxygen atoms in total. The zero-order valence-electron chi connectivity index (χ0n) is 53.1. The van der Waals surface area contributed by atoms with E-state index in [1.165, 1.54) is 11.1 Å². The summed E-state index contributed by atoms with van der Waals surface area (Å²) in [7, 11) is 0. The van der Waals surface area contributed by atoms with Crippen molar-refractivity contribution in [3.63, 3.8) is 0 Å². The van der Waals surface area contributed by atoms with E-state index in [1.807, 2.05) is 48.5 Å². The van der Waals surface area contributed by atoms with Crippen molar-refractivity contribution in [1.82, 2.24) is 0 Å². The molecule has 380 valence electrons. The molecule has 12 aromatic rings. The van der Waals surface area contributed by atoms with E-state index in [-0.39, 0.29) is 84.3 Å². The lowest BCUT2D eigenvalue weighted by molar-refractivity contribution is 0.569. The molecule has 6 heteroatoms. The van der Waals surface area contributed by atoms with E-state index in [1.54, 1.807) is 0 Å². The van der Waals surface area contributed by atoms with Crippen molar-refractivity contribution in [3.8, 4) is 33.4 Å². The summed E-state index contributed by atoms with van der Waals surface area (Å²) < 4.78 is 89.0. The number of nitrogens with zero attached hydrogens (tertiary/aromatic N) is 2. The fourth-order valence-corrected chi connectivity index (χ4v) is 12.2. The van der Waals surface area contributed by atoms with Gasteiger partial charge in [0.05, 0.1) is 28.0 Å². The quantitative estimate of drug-likeness (QED) is 0.161. The highest BCUT2D eigenvalue weighted by molar-refractivity contribution is 7.02. The largest absolute Gasteiger partial charge is 0.456 e. The molecule has 10 aromatic carbocycles. The molecule has 0 aliphatic carbocycles. The molecule has 0 amide bonds. The van der Waals surface area contributed by atoms with E-state index in [9.17, 15) is 5.48 Å². The minimum absolute atomic E-state index is 0.0632. The lowest BCUT2D eigenvalue weighted by Crippen LogP contribution is -2.61. The molecule has 2 aliphatic heterocycles. The number of hydrogen-bond acceptors (Lipinski definition) is 4. The van der Waals surface area contributed by atoms with Crippen LogP contribution < -0.4 is 26.2 Å². The first-order chi connectivity index (χ1) is 40.8. The van der Waals surface area contributed by atoms with Gasteiger partial charge in [-0.15, -0.1) is 0 Å². The van der Waals surface area contributed by atoms with Crippen LogP contribution in [-0.4, -0.2) is 6.71 Å². The van der Waals surface area contributed by atoms with Crippen LogP contribution in [0.5, 0.6) is 0 Å². The molecule has 4 heterocycles. The van der Waals surface area contributed by atoms with Gasteiger partial charge < -0.3 is 18.6 Å². The second kappa shape index (κ2) is 17.4. The third kappa shape index (κ3) is 7.49. The van der Waals surface area contributed by atoms with Gasteiger partial charge in [0.1, 0.15) is 16.7 Å². The molecule has 78 heavy (non-hydrogen) atoms. The van der Waals surface area contributed by atoms with Crippen molar-refractivity contribution >= 4 is 113 Å². The molecule has 0 fully saturated rings. The van der Waals surface area contributed by atoms with Crippen LogP contribution in [0.2, 0.25) is 5.02 Å². The predicted octanol–water partition coefficient (Wildman–Crippen LogP) is 19.1. The normalized spacial score (nSPS) is 14.9. The first kappa shape index (κ1) is 40.0. The Balaban J connectivity index is 1.26. The minimum Gasteiger partial charge on any atom is -0.456 e. The number of halogens is 1. The van der Waals surface area contributed by atoms with Gasteiger partial charge in [-0.3, -0.25) is 0 Å². The fraction of sp³-hybridized carbons (Fsp3) is 0.167. The van der Waals surface area contributed by atoms with Gasteiger partial charge in [-0.2, -0.15) is 0 Å². The second-order valence-corrected chi connectivity index (χ2v) is 24.5. The Labute approximate surface area is 473 Å². The van der Waals surface area contributed by atoms with E-state index >= 15 is 0 Å². The lowest BCUT2D eigenvalue weighted by Gasteiger charge is -2.45. The standard InChI is InChI=1S/C72H60BClN2O2/c1-70(2,3)47-32-35-57(54(41-47)44-24-14-11-15-25-44)75-58-42-50(74)33-34-55(58)73-65-59(75)38-46(45-36-48(71(4,5)6)40-49(37-45)72(7,8)9)39-60(65)76(56-29-19-16-26-51(56)43-22-12-10-13-23-43)67-66(73)68-63(52-27-17-20-30-61(52)77-68)64-53-28-18-21-31-62(53)78-69(64)67/h10-42H,1-9H3/i17D,18D,20D,21D,27D,28D,30D,31D. The number of hydrogen-bond donors (Lipinski definition) is 0. The summed E-state index contributed by atoms with van der Waals surface area (Å²) in [5.41, 5.74) is 15.5. The highest BCUT2D eigenvalue weighted by Crippen LogP contribution is 2.54. The van der Waals surface area contributed by atoms with E-state index in [0.717, 1.165) is 78.3 Å². The molecular weight excluding hydrogens is 971 g/mol. The van der Waals surface area contributed by atoms with Crippen LogP contribution >= 0.6 is 11.6 Å². The molecule has 0 unspecified atom stereocenters. The summed E-state index contributed by atoms with van der Waals surface area (Å²) >= 11 is 7.34. The molecule has 14 rings (SSSR count). The Morgan fingerprint density at radius 1 is 0.423 bits per heavy atom. The zero-order chi connectivity index (χ0) is 60.5. The predicted molar refractivity (Wildman–Crippen MR) is 332 cm³/mol. The van der Waals surface area contributed by atoms with Crippen molar-refractivity contribution in [2.75, 3.05) is 9.80 Å². The molecule has 2 aliphatic rings. The topological polar surface area (TPSA) is 32.8 Å². The van der Waals surface area contributed by atoms with E-state index in [4.69, 9.17) is 25.9 Å². The maximum absolute atomic E-state index is 9.69. The Hall–Kier alpha value is -8.25. The summed E-state index contributed by atoms with van der Waals surface area (Å²) in [6.45, 7) is 19.4. The second-order valence-electron chi connectivity index (χ2n) is 24.0. The fourth-order valence-electron chi connectivity index (χ4n) is 12.1. The van der Waals surface area contributed by atoms with Gasteiger partial charge in [-0.1, -0.05) is 219 Å². The number of rotatable bonds is 5. The molecule has 0 spiro atoms. The van der Waals surface area contributed by atoms with Gasteiger partial charge in [-0.05, 0) is 121 Å². The van der Waals surface area contributed by atoms with Crippen LogP contribution in [0.1, 0.15) is 90.0 Å². The van der Waals surface area contributed by atoms with Crippen molar-refractivity contribution in [1.29, 1.82) is 0 Å². The van der Waals surface area contributed by atoms with Crippen molar-refractivity contribution < 1.29 is 19.8 Å². The third-order valence-electron chi connectivity index (χ3n) is 16.0. The maximum atomic E-state index is 9.69. The van der Waals surface area contributed by atoms with Gasteiger partial charge in [-0.25, -0.2) is 0 Å². The summed E-state index contributed by atoms with van der Waals surface area (Å²) in [4.78, 5) is 4.55. The van der Waals surface area contributed by atoms with Crippen molar-refractivity contribution in [2.24, 2.45) is 0 Å². The van der Waals surface area contributed by atoms with Gasteiger partial charge in [0.25, 0.3) is 6.71 Å². The Morgan fingerprint density at radius 2 is 0.949 bits per heavy atom. The van der Waals surface area contributed by atoms with E-state index in [0.29, 0.717) is 16.2 Å². The summed E-state index contributed by atoms with van der Waals surface area (Å²) in [6.07, 6.45) is 0. The smallest absolute Gasteiger partial charge is 0.257 e. The van der Waals surface area contributed by atoms with Crippen molar-refractivity contribution in [3.05, 3.63) is 222 Å². The van der Waals surface area contributed by atoms with Crippen molar-refractivity contribution in [2.45, 2.75) is 78.6 Å². The number of para-hydroxylation sites is 3. The van der Waals surface area contributed by atoms with Gasteiger partial charge in [0, 0.05) is 60.2 Å².